The summed E-state index contributed by atoms with van der Waals surface area (Å²) in [5, 5.41) is 30.2. The van der Waals surface area contributed by atoms with Crippen LogP contribution in [0, 0.1) is 20.2 Å². The highest BCUT2D eigenvalue weighted by molar-refractivity contribution is 6.69. The first-order valence-electron chi connectivity index (χ1n) is 13.7. The van der Waals surface area contributed by atoms with E-state index in [-0.39, 0.29) is 81.1 Å². The van der Waals surface area contributed by atoms with Gasteiger partial charge in [-0.25, -0.2) is 4.79 Å². The third-order valence-corrected chi connectivity index (χ3v) is 7.70. The Bertz CT molecular complexity index is 1810. The second-order valence-electron chi connectivity index (χ2n) is 9.28. The van der Waals surface area contributed by atoms with Gasteiger partial charge < -0.3 is 19.3 Å². The Balaban J connectivity index is 0.000000407. The van der Waals surface area contributed by atoms with Crippen LogP contribution >= 0.6 is 70.4 Å². The second-order valence-corrected chi connectivity index (χ2v) is 11.3. The third kappa shape index (κ3) is 12.5. The quantitative estimate of drug-likeness (QED) is 0.0667. The van der Waals surface area contributed by atoms with E-state index in [0.717, 1.165) is 0 Å². The van der Waals surface area contributed by atoms with Gasteiger partial charge in [0, 0.05) is 42.7 Å². The number of aliphatic hydroxyl groups excluding tert-OH is 1. The third-order valence-electron chi connectivity index (χ3n) is 6.29. The van der Waals surface area contributed by atoms with Crippen LogP contribution in [0.2, 0.25) is 20.1 Å². The lowest BCUT2D eigenvalue weighted by Gasteiger charge is -2.11. The number of carbonyl (C=O) groups is 2. The molecule has 1 N–H and O–H groups in total. The highest BCUT2D eigenvalue weighted by Crippen LogP contribution is 2.35. The predicted molar refractivity (Wildman–Crippen MR) is 194 cm³/mol. The summed E-state index contributed by atoms with van der Waals surface area (Å²) in [6.07, 6.45) is 0.528. The highest BCUT2D eigenvalue weighted by Gasteiger charge is 2.22. The maximum Gasteiger partial charge on any atom is 0.343 e. The molecular formula is C32H28Cl6N2O10. The van der Waals surface area contributed by atoms with Gasteiger partial charge >= 0.3 is 5.97 Å². The van der Waals surface area contributed by atoms with Crippen molar-refractivity contribution in [1.82, 2.24) is 0 Å². The number of rotatable bonds is 11. The van der Waals surface area contributed by atoms with Crippen LogP contribution in [0.4, 0.5) is 11.4 Å². The van der Waals surface area contributed by atoms with Crippen LogP contribution in [0.5, 0.6) is 11.5 Å². The van der Waals surface area contributed by atoms with Gasteiger partial charge in [-0.2, -0.15) is 0 Å². The summed E-state index contributed by atoms with van der Waals surface area (Å²) in [6, 6.07) is 18.7. The van der Waals surface area contributed by atoms with Gasteiger partial charge in [-0.15, -0.1) is 12.4 Å². The zero-order valence-electron chi connectivity index (χ0n) is 26.1. The molecule has 0 saturated heterocycles. The lowest BCUT2D eigenvalue weighted by atomic mass is 10.1. The topological polar surface area (TPSA) is 168 Å². The number of methoxy groups -OCH3 is 2. The Labute approximate surface area is 317 Å². The van der Waals surface area contributed by atoms with Crippen molar-refractivity contribution in [2.45, 2.75) is 12.8 Å². The smallest absolute Gasteiger partial charge is 0.343 e. The number of carbonyl (C=O) groups excluding carboxylic acids is 2. The first kappa shape index (κ1) is 44.1. The summed E-state index contributed by atoms with van der Waals surface area (Å²) in [4.78, 5) is 43.6. The van der Waals surface area contributed by atoms with Crippen molar-refractivity contribution in [3.05, 3.63) is 135 Å². The molecule has 0 aromatic heterocycles. The van der Waals surface area contributed by atoms with E-state index in [9.17, 15) is 29.8 Å². The molecule has 12 nitrogen and oxygen atoms in total. The van der Waals surface area contributed by atoms with Gasteiger partial charge in [0.1, 0.15) is 5.56 Å². The van der Waals surface area contributed by atoms with Crippen LogP contribution in [0.1, 0.15) is 31.8 Å². The molecule has 0 spiro atoms. The van der Waals surface area contributed by atoms with E-state index < -0.39 is 21.1 Å². The van der Waals surface area contributed by atoms with Crippen molar-refractivity contribution in [2.75, 3.05) is 27.4 Å². The zero-order chi connectivity index (χ0) is 36.7. The average Bonchev–Trinajstić information content (AvgIpc) is 3.07. The van der Waals surface area contributed by atoms with Crippen LogP contribution in [0.3, 0.4) is 0 Å². The molecule has 0 atom stereocenters. The number of para-hydroxylation sites is 2. The lowest BCUT2D eigenvalue weighted by molar-refractivity contribution is -0.385. The fraction of sp³-hybridized carbons (Fsp3) is 0.188. The standard InChI is InChI=1S/C16H13Cl2NO5.C8H5Cl3O2.C8H9NO3.ClH/c1-23-15-12(18)7-6-11(17)14(15)16(20)24-9-8-10-4-2-3-5-13(10)19(21)22;1-13-7-5(10)3-2-4(9)6(7)8(11)12;10-6-5-7-3-1-2-4-8(7)9(11)12;/h2-7H,8-9H2,1H3;2-3H,1H3;1-4,10H,5-6H2;1H. The normalized spacial score (nSPS) is 9.84. The summed E-state index contributed by atoms with van der Waals surface area (Å²) in [7, 11) is 2.75. The second kappa shape index (κ2) is 22.0. The summed E-state index contributed by atoms with van der Waals surface area (Å²) >= 11 is 28.8. The molecule has 4 rings (SSSR count). The fourth-order valence-corrected chi connectivity index (χ4v) is 5.25. The summed E-state index contributed by atoms with van der Waals surface area (Å²) in [5.74, 6) is -0.382. The maximum absolute atomic E-state index is 12.2. The molecule has 0 bridgehead atoms. The van der Waals surface area contributed by atoms with E-state index in [0.29, 0.717) is 22.6 Å². The number of hydrogen-bond donors (Lipinski definition) is 1. The summed E-state index contributed by atoms with van der Waals surface area (Å²) in [6.45, 7) is -0.111. The van der Waals surface area contributed by atoms with Gasteiger partial charge in [0.15, 0.2) is 11.5 Å². The Morgan fingerprint density at radius 3 is 1.48 bits per heavy atom. The molecule has 4 aromatic rings. The molecule has 0 aliphatic carbocycles. The van der Waals surface area contributed by atoms with Crippen molar-refractivity contribution in [1.29, 1.82) is 0 Å². The van der Waals surface area contributed by atoms with Crippen LogP contribution in [-0.4, -0.2) is 53.6 Å². The highest BCUT2D eigenvalue weighted by atomic mass is 35.5. The Kier molecular flexibility index (Phi) is 19.5. The SMILES string of the molecule is COc1c(Cl)ccc(Cl)c1C(=O)Cl.COc1c(Cl)ccc(Cl)c1C(=O)OCCc1ccccc1[N+](=O)[O-].Cl.O=[N+]([O-])c1ccccc1CCO. The van der Waals surface area contributed by atoms with E-state index in [2.05, 4.69) is 0 Å². The molecule has 0 heterocycles. The van der Waals surface area contributed by atoms with Gasteiger partial charge in [0.05, 0.1) is 56.3 Å². The number of nitro benzene ring substituents is 2. The number of hydrogen-bond acceptors (Lipinski definition) is 10. The number of nitrogens with zero attached hydrogens (tertiary/aromatic N) is 2. The van der Waals surface area contributed by atoms with Crippen molar-refractivity contribution in [3.63, 3.8) is 0 Å². The van der Waals surface area contributed by atoms with E-state index in [1.165, 1.54) is 50.6 Å². The molecule has 4 aromatic carbocycles. The van der Waals surface area contributed by atoms with E-state index in [1.54, 1.807) is 36.4 Å². The molecule has 0 saturated carbocycles. The minimum atomic E-state index is -0.710. The van der Waals surface area contributed by atoms with Crippen molar-refractivity contribution in [2.24, 2.45) is 0 Å². The Hall–Kier alpha value is -3.88. The number of ether oxygens (including phenoxy) is 3. The number of nitro groups is 2. The van der Waals surface area contributed by atoms with Crippen molar-refractivity contribution in [3.8, 4) is 11.5 Å². The Morgan fingerprint density at radius 1 is 0.680 bits per heavy atom. The van der Waals surface area contributed by atoms with Gasteiger partial charge in [0.25, 0.3) is 16.6 Å². The molecule has 0 radical (unpaired) electrons. The number of halogens is 6. The first-order chi connectivity index (χ1) is 23.3. The summed E-state index contributed by atoms with van der Waals surface area (Å²) < 4.78 is 15.1. The number of benzene rings is 4. The Morgan fingerprint density at radius 2 is 1.08 bits per heavy atom. The molecule has 0 amide bonds. The molecule has 268 valence electrons. The number of esters is 1. The lowest BCUT2D eigenvalue weighted by Crippen LogP contribution is -2.11. The molecule has 0 aliphatic heterocycles. The van der Waals surface area contributed by atoms with Crippen LogP contribution in [-0.2, 0) is 17.6 Å². The van der Waals surface area contributed by atoms with E-state index in [4.69, 9.17) is 77.3 Å². The molecular weight excluding hydrogens is 785 g/mol. The fourth-order valence-electron chi connectivity index (χ4n) is 4.09. The van der Waals surface area contributed by atoms with Gasteiger partial charge in [-0.1, -0.05) is 82.8 Å². The van der Waals surface area contributed by atoms with Gasteiger partial charge in [0.2, 0.25) is 0 Å². The zero-order valence-corrected chi connectivity index (χ0v) is 30.7. The average molecular weight is 813 g/mol. The van der Waals surface area contributed by atoms with E-state index >= 15 is 0 Å². The molecule has 50 heavy (non-hydrogen) atoms. The minimum Gasteiger partial charge on any atom is -0.494 e. The van der Waals surface area contributed by atoms with Crippen LogP contribution in [0.25, 0.3) is 0 Å². The molecule has 18 heteroatoms. The molecule has 0 unspecified atom stereocenters. The van der Waals surface area contributed by atoms with Crippen LogP contribution < -0.4 is 9.47 Å². The number of aliphatic hydroxyl groups is 1. The monoisotopic (exact) mass is 810 g/mol. The van der Waals surface area contributed by atoms with Gasteiger partial charge in [-0.3, -0.25) is 25.0 Å². The predicted octanol–water partition coefficient (Wildman–Crippen LogP) is 9.24. The van der Waals surface area contributed by atoms with Crippen LogP contribution in [0.15, 0.2) is 72.8 Å². The maximum atomic E-state index is 12.2. The first-order valence-corrected chi connectivity index (χ1v) is 15.6. The van der Waals surface area contributed by atoms with E-state index in [1.807, 2.05) is 0 Å². The minimum absolute atomic E-state index is 0. The molecule has 0 fully saturated rings. The van der Waals surface area contributed by atoms with Crippen molar-refractivity contribution >= 4 is 93.0 Å². The molecule has 0 aliphatic rings. The largest absolute Gasteiger partial charge is 0.494 e. The summed E-state index contributed by atoms with van der Waals surface area (Å²) in [5.41, 5.74) is 1.22. The van der Waals surface area contributed by atoms with Crippen molar-refractivity contribution < 1.29 is 38.8 Å². The van der Waals surface area contributed by atoms with Gasteiger partial charge in [-0.05, 0) is 35.9 Å².